The van der Waals surface area contributed by atoms with E-state index in [9.17, 15) is 13.0 Å². The van der Waals surface area contributed by atoms with Crippen molar-refractivity contribution in [3.8, 4) is 5.75 Å². The summed E-state index contributed by atoms with van der Waals surface area (Å²) in [5.41, 5.74) is 0. The van der Waals surface area contributed by atoms with Gasteiger partial charge in [-0.2, -0.15) is 8.42 Å². The average Bonchev–Trinajstić information content (AvgIpc) is 2.52. The molecular formula is C18H30NaO4S. The zero-order valence-electron chi connectivity index (χ0n) is 15.3. The summed E-state index contributed by atoms with van der Waals surface area (Å²) >= 11 is 0. The largest absolute Gasteiger partial charge is 0.469 e. The van der Waals surface area contributed by atoms with Gasteiger partial charge in [0.15, 0.2) is 0 Å². The second kappa shape index (κ2) is 12.3. The van der Waals surface area contributed by atoms with Crippen LogP contribution < -0.4 is 4.74 Å². The van der Waals surface area contributed by atoms with E-state index in [1.807, 2.05) is 6.07 Å². The van der Waals surface area contributed by atoms with Gasteiger partial charge in [-0.25, -0.2) is 0 Å². The first-order valence-electron chi connectivity index (χ1n) is 8.66. The molecule has 0 aromatic heterocycles. The van der Waals surface area contributed by atoms with Crippen LogP contribution in [0, 0.1) is 0 Å². The minimum Gasteiger partial charge on any atom is -0.469 e. The Labute approximate surface area is 169 Å². The third-order valence-corrected chi connectivity index (χ3v) is 5.73. The predicted octanol–water partition coefficient (Wildman–Crippen LogP) is 4.82. The monoisotopic (exact) mass is 365 g/mol. The Kier molecular flexibility index (Phi) is 12.3. The number of ether oxygens (including phenoxy) is 1. The molecule has 1 unspecified atom stereocenters. The van der Waals surface area contributed by atoms with Gasteiger partial charge in [-0.15, -0.1) is 0 Å². The van der Waals surface area contributed by atoms with Crippen molar-refractivity contribution in [1.82, 2.24) is 0 Å². The molecule has 0 aliphatic heterocycles. The summed E-state index contributed by atoms with van der Waals surface area (Å²) in [5, 5.41) is 0. The topological polar surface area (TPSA) is 63.6 Å². The molecule has 0 amide bonds. The van der Waals surface area contributed by atoms with Crippen molar-refractivity contribution in [2.24, 2.45) is 0 Å². The minimum atomic E-state index is -4.30. The molecule has 0 bridgehead atoms. The van der Waals surface area contributed by atoms with Crippen molar-refractivity contribution < 1.29 is 17.7 Å². The Balaban J connectivity index is 0.00000529. The zero-order valence-corrected chi connectivity index (χ0v) is 18.1. The summed E-state index contributed by atoms with van der Waals surface area (Å²) in [5.74, 6) is 0.468. The normalized spacial score (nSPS) is 13.8. The molecule has 4 nitrogen and oxygen atoms in total. The molecule has 1 aromatic rings. The number of hydrogen-bond donors (Lipinski definition) is 1. The maximum absolute atomic E-state index is 11.9. The molecule has 0 saturated heterocycles. The number of unbranched alkanes of at least 4 members (excludes halogenated alkanes) is 6. The quantitative estimate of drug-likeness (QED) is 0.328. The molecule has 0 heterocycles. The molecule has 0 aliphatic rings. The molecule has 0 spiro atoms. The summed E-state index contributed by atoms with van der Waals surface area (Å²) < 4.78 is 39.3. The minimum absolute atomic E-state index is 0. The summed E-state index contributed by atoms with van der Waals surface area (Å²) in [6, 6.07) is 8.83. The van der Waals surface area contributed by atoms with Crippen molar-refractivity contribution in [2.75, 3.05) is 0 Å². The van der Waals surface area contributed by atoms with Gasteiger partial charge in [0.1, 0.15) is 5.75 Å². The van der Waals surface area contributed by atoms with Crippen molar-refractivity contribution in [3.05, 3.63) is 30.3 Å². The summed E-state index contributed by atoms with van der Waals surface area (Å²) in [6.45, 7) is 3.92. The fourth-order valence-corrected chi connectivity index (χ4v) is 3.69. The van der Waals surface area contributed by atoms with E-state index in [1.165, 1.54) is 25.7 Å². The van der Waals surface area contributed by atoms with E-state index in [2.05, 4.69) is 6.92 Å². The first-order chi connectivity index (χ1) is 10.9. The third kappa shape index (κ3) is 7.87. The van der Waals surface area contributed by atoms with E-state index in [1.54, 1.807) is 31.2 Å². The molecule has 6 heteroatoms. The Morgan fingerprint density at radius 2 is 1.50 bits per heavy atom. The van der Waals surface area contributed by atoms with Gasteiger partial charge >= 0.3 is 10.1 Å². The predicted molar refractivity (Wildman–Crippen MR) is 100 cm³/mol. The molecule has 24 heavy (non-hydrogen) atoms. The van der Waals surface area contributed by atoms with E-state index >= 15 is 0 Å². The van der Waals surface area contributed by atoms with Crippen molar-refractivity contribution in [2.45, 2.75) is 76.6 Å². The van der Waals surface area contributed by atoms with Gasteiger partial charge in [0, 0.05) is 42.4 Å². The van der Waals surface area contributed by atoms with Crippen LogP contribution in [0.2, 0.25) is 0 Å². The number of rotatable bonds is 12. The molecule has 0 saturated carbocycles. The van der Waals surface area contributed by atoms with Crippen LogP contribution in [0.25, 0.3) is 0 Å². The molecule has 1 rings (SSSR count). The summed E-state index contributed by atoms with van der Waals surface area (Å²) in [7, 11) is -4.30. The standard InChI is InChI=1S/C18H30O4S.Na/c1-3-5-6-7-8-9-13-16-18(4-2,23(19,20)21)22-17-14-11-10-12-15-17;/h10-12,14-15H,3-9,13,16H2,1-2H3,(H,19,20,21);. The van der Waals surface area contributed by atoms with Gasteiger partial charge < -0.3 is 4.74 Å². The fourth-order valence-electron chi connectivity index (χ4n) is 2.72. The molecule has 0 aliphatic carbocycles. The van der Waals surface area contributed by atoms with Crippen LogP contribution in [0.5, 0.6) is 5.75 Å². The van der Waals surface area contributed by atoms with E-state index in [-0.39, 0.29) is 36.0 Å². The molecule has 1 atom stereocenters. The summed E-state index contributed by atoms with van der Waals surface area (Å²) in [6.07, 6.45) is 8.18. The molecule has 1 radical (unpaired) electrons. The van der Waals surface area contributed by atoms with Gasteiger partial charge in [0.25, 0.3) is 0 Å². The van der Waals surface area contributed by atoms with Crippen LogP contribution in [0.4, 0.5) is 0 Å². The Morgan fingerprint density at radius 1 is 0.958 bits per heavy atom. The maximum atomic E-state index is 11.9. The van der Waals surface area contributed by atoms with Crippen molar-refractivity contribution in [1.29, 1.82) is 0 Å². The second-order valence-electron chi connectivity index (χ2n) is 6.03. The van der Waals surface area contributed by atoms with Gasteiger partial charge in [0.05, 0.1) is 0 Å². The van der Waals surface area contributed by atoms with Gasteiger partial charge in [-0.1, -0.05) is 70.6 Å². The average molecular weight is 365 g/mol. The van der Waals surface area contributed by atoms with E-state index in [0.29, 0.717) is 12.2 Å². The number of benzene rings is 1. The fraction of sp³-hybridized carbons (Fsp3) is 0.667. The van der Waals surface area contributed by atoms with Crippen LogP contribution >= 0.6 is 0 Å². The van der Waals surface area contributed by atoms with E-state index < -0.39 is 15.1 Å². The van der Waals surface area contributed by atoms with Crippen LogP contribution in [-0.4, -0.2) is 47.5 Å². The first-order valence-corrected chi connectivity index (χ1v) is 10.1. The molecular weight excluding hydrogens is 335 g/mol. The molecule has 133 valence electrons. The number of hydrogen-bond acceptors (Lipinski definition) is 3. The molecule has 0 fully saturated rings. The number of para-hydroxylation sites is 1. The first kappa shape index (κ1) is 23.9. The van der Waals surface area contributed by atoms with Crippen LogP contribution in [0.1, 0.15) is 71.6 Å². The smallest absolute Gasteiger partial charge is 0.306 e. The van der Waals surface area contributed by atoms with Gasteiger partial charge in [-0.05, 0) is 18.6 Å². The third-order valence-electron chi connectivity index (χ3n) is 4.22. The van der Waals surface area contributed by atoms with E-state index in [0.717, 1.165) is 19.3 Å². The molecule has 1 N–H and O–H groups in total. The van der Waals surface area contributed by atoms with E-state index in [4.69, 9.17) is 4.74 Å². The van der Waals surface area contributed by atoms with Crippen molar-refractivity contribution >= 4 is 39.7 Å². The van der Waals surface area contributed by atoms with Crippen LogP contribution in [0.3, 0.4) is 0 Å². The Bertz CT molecular complexity index is 533. The van der Waals surface area contributed by atoms with Gasteiger partial charge in [-0.3, -0.25) is 4.55 Å². The zero-order chi connectivity index (χ0) is 17.2. The SMILES string of the molecule is CCCCCCCCCC(CC)(Oc1ccccc1)S(=O)(=O)O.[Na]. The van der Waals surface area contributed by atoms with Crippen LogP contribution in [-0.2, 0) is 10.1 Å². The maximum Gasteiger partial charge on any atom is 0.306 e. The Hall–Kier alpha value is -0.0700. The van der Waals surface area contributed by atoms with Crippen LogP contribution in [0.15, 0.2) is 30.3 Å². The molecule has 1 aromatic carbocycles. The second-order valence-corrected chi connectivity index (χ2v) is 7.72. The Morgan fingerprint density at radius 3 is 2.00 bits per heavy atom. The van der Waals surface area contributed by atoms with Crippen molar-refractivity contribution in [3.63, 3.8) is 0 Å². The summed E-state index contributed by atoms with van der Waals surface area (Å²) in [4.78, 5) is -1.54. The van der Waals surface area contributed by atoms with Gasteiger partial charge in [0.2, 0.25) is 4.93 Å².